The van der Waals surface area contributed by atoms with Crippen molar-refractivity contribution in [1.29, 1.82) is 0 Å². The van der Waals surface area contributed by atoms with Gasteiger partial charge in [0.2, 0.25) is 15.9 Å². The van der Waals surface area contributed by atoms with Crippen molar-refractivity contribution >= 4 is 21.6 Å². The Morgan fingerprint density at radius 2 is 2.09 bits per heavy atom. The van der Waals surface area contributed by atoms with E-state index in [0.29, 0.717) is 18.7 Å². The van der Waals surface area contributed by atoms with E-state index in [1.807, 2.05) is 6.07 Å². The van der Waals surface area contributed by atoms with Crippen LogP contribution in [0, 0.1) is 0 Å². The molecule has 7 heteroatoms. The summed E-state index contributed by atoms with van der Waals surface area (Å²) in [5, 5.41) is 2.83. The number of nitrogens with one attached hydrogen (secondary N) is 1. The molecular weight excluding hydrogens is 316 g/mol. The minimum absolute atomic E-state index is 0.0277. The molecule has 1 fully saturated rings. The molecule has 0 spiro atoms. The third-order valence-corrected chi connectivity index (χ3v) is 5.05. The zero-order valence-electron chi connectivity index (χ0n) is 13.6. The minimum atomic E-state index is -3.57. The van der Waals surface area contributed by atoms with Gasteiger partial charge < -0.3 is 10.1 Å². The number of rotatable bonds is 7. The predicted octanol–water partition coefficient (Wildman–Crippen LogP) is 1.53. The summed E-state index contributed by atoms with van der Waals surface area (Å²) >= 11 is 0. The van der Waals surface area contributed by atoms with E-state index in [4.69, 9.17) is 4.74 Å². The SMILES string of the molecule is CC[C@@H](C(=O)NC[C@H]1CCCO1)N(c1ccccc1)S(C)(=O)=O. The number of amides is 1. The van der Waals surface area contributed by atoms with Crippen LogP contribution >= 0.6 is 0 Å². The van der Waals surface area contributed by atoms with Crippen LogP contribution in [0.4, 0.5) is 5.69 Å². The summed E-state index contributed by atoms with van der Waals surface area (Å²) in [6, 6.07) is 7.93. The van der Waals surface area contributed by atoms with Gasteiger partial charge in [-0.1, -0.05) is 25.1 Å². The normalized spacial score (nSPS) is 19.3. The van der Waals surface area contributed by atoms with Crippen LogP contribution in [-0.2, 0) is 19.6 Å². The van der Waals surface area contributed by atoms with E-state index in [9.17, 15) is 13.2 Å². The Bertz CT molecular complexity index is 612. The van der Waals surface area contributed by atoms with Crippen molar-refractivity contribution in [3.63, 3.8) is 0 Å². The summed E-state index contributed by atoms with van der Waals surface area (Å²) in [5.41, 5.74) is 0.495. The van der Waals surface area contributed by atoms with Gasteiger partial charge >= 0.3 is 0 Å². The second kappa shape index (κ2) is 7.79. The molecule has 0 saturated carbocycles. The Morgan fingerprint density at radius 3 is 2.61 bits per heavy atom. The molecule has 0 aliphatic carbocycles. The highest BCUT2D eigenvalue weighted by molar-refractivity contribution is 7.92. The zero-order chi connectivity index (χ0) is 16.9. The Hall–Kier alpha value is -1.60. The average Bonchev–Trinajstić information content (AvgIpc) is 3.03. The molecule has 23 heavy (non-hydrogen) atoms. The van der Waals surface area contributed by atoms with Crippen LogP contribution in [0.3, 0.4) is 0 Å². The second-order valence-electron chi connectivity index (χ2n) is 5.70. The summed E-state index contributed by atoms with van der Waals surface area (Å²) < 4.78 is 31.1. The fourth-order valence-electron chi connectivity index (χ4n) is 2.77. The molecule has 2 atom stereocenters. The molecule has 1 aromatic carbocycles. The number of carbonyl (C=O) groups is 1. The average molecular weight is 340 g/mol. The number of sulfonamides is 1. The molecule has 1 heterocycles. The summed E-state index contributed by atoms with van der Waals surface area (Å²) in [6.45, 7) is 2.94. The van der Waals surface area contributed by atoms with Crippen molar-refractivity contribution in [3.05, 3.63) is 30.3 Å². The number of ether oxygens (including phenoxy) is 1. The highest BCUT2D eigenvalue weighted by atomic mass is 32.2. The topological polar surface area (TPSA) is 75.7 Å². The summed E-state index contributed by atoms with van der Waals surface area (Å²) in [5.74, 6) is -0.294. The van der Waals surface area contributed by atoms with Crippen molar-refractivity contribution in [2.75, 3.05) is 23.7 Å². The fraction of sp³-hybridized carbons (Fsp3) is 0.562. The molecule has 0 aromatic heterocycles. The van der Waals surface area contributed by atoms with E-state index in [0.717, 1.165) is 25.7 Å². The number of hydrogen-bond donors (Lipinski definition) is 1. The first-order chi connectivity index (χ1) is 10.9. The maximum atomic E-state index is 12.5. The summed E-state index contributed by atoms with van der Waals surface area (Å²) in [6.07, 6.45) is 3.46. The minimum Gasteiger partial charge on any atom is -0.376 e. The molecule has 1 aromatic rings. The largest absolute Gasteiger partial charge is 0.376 e. The quantitative estimate of drug-likeness (QED) is 0.817. The first-order valence-corrected chi connectivity index (χ1v) is 9.72. The summed E-state index contributed by atoms with van der Waals surface area (Å²) in [4.78, 5) is 12.5. The van der Waals surface area contributed by atoms with Gasteiger partial charge in [-0.15, -0.1) is 0 Å². The maximum absolute atomic E-state index is 12.5. The van der Waals surface area contributed by atoms with Crippen molar-refractivity contribution in [1.82, 2.24) is 5.32 Å². The van der Waals surface area contributed by atoms with Gasteiger partial charge in [-0.2, -0.15) is 0 Å². The molecule has 1 amide bonds. The van der Waals surface area contributed by atoms with Crippen LogP contribution in [0.2, 0.25) is 0 Å². The lowest BCUT2D eigenvalue weighted by atomic mass is 10.1. The lowest BCUT2D eigenvalue weighted by Crippen LogP contribution is -2.50. The van der Waals surface area contributed by atoms with Crippen molar-refractivity contribution < 1.29 is 17.9 Å². The van der Waals surface area contributed by atoms with Crippen LogP contribution in [0.25, 0.3) is 0 Å². The predicted molar refractivity (Wildman–Crippen MR) is 89.8 cm³/mol. The zero-order valence-corrected chi connectivity index (χ0v) is 14.4. The molecule has 0 radical (unpaired) electrons. The van der Waals surface area contributed by atoms with Crippen LogP contribution in [-0.4, -0.2) is 45.9 Å². The van der Waals surface area contributed by atoms with Gasteiger partial charge in [0, 0.05) is 13.2 Å². The lowest BCUT2D eigenvalue weighted by Gasteiger charge is -2.30. The second-order valence-corrected chi connectivity index (χ2v) is 7.56. The third kappa shape index (κ3) is 4.68. The molecule has 1 N–H and O–H groups in total. The third-order valence-electron chi connectivity index (χ3n) is 3.87. The number of nitrogens with zero attached hydrogens (tertiary/aromatic N) is 1. The number of anilines is 1. The Kier molecular flexibility index (Phi) is 6.01. The standard InChI is InChI=1S/C16H24N2O4S/c1-3-15(16(19)17-12-14-10-7-11-22-14)18(23(2,20)21)13-8-5-4-6-9-13/h4-6,8-9,14-15H,3,7,10-12H2,1-2H3,(H,17,19)/t14-,15+/m1/s1. The van der Waals surface area contributed by atoms with Crippen molar-refractivity contribution in [2.45, 2.75) is 38.3 Å². The molecule has 0 unspecified atom stereocenters. The fourth-order valence-corrected chi connectivity index (χ4v) is 3.98. The van der Waals surface area contributed by atoms with E-state index in [1.165, 1.54) is 4.31 Å². The first kappa shape index (κ1) is 17.7. The van der Waals surface area contributed by atoms with Gasteiger partial charge in [-0.25, -0.2) is 8.42 Å². The van der Waals surface area contributed by atoms with Crippen LogP contribution in [0.1, 0.15) is 26.2 Å². The highest BCUT2D eigenvalue weighted by Crippen LogP contribution is 2.22. The Balaban J connectivity index is 2.15. The number of benzene rings is 1. The molecular formula is C16H24N2O4S. The molecule has 128 valence electrons. The van der Waals surface area contributed by atoms with Crippen LogP contribution in [0.5, 0.6) is 0 Å². The molecule has 6 nitrogen and oxygen atoms in total. The first-order valence-electron chi connectivity index (χ1n) is 7.87. The number of carbonyl (C=O) groups excluding carboxylic acids is 1. The van der Waals surface area contributed by atoms with Gasteiger partial charge in [-0.3, -0.25) is 9.10 Å². The maximum Gasteiger partial charge on any atom is 0.243 e. The van der Waals surface area contributed by atoms with Gasteiger partial charge in [0.05, 0.1) is 18.0 Å². The van der Waals surface area contributed by atoms with E-state index in [2.05, 4.69) is 5.32 Å². The highest BCUT2D eigenvalue weighted by Gasteiger charge is 2.31. The number of para-hydroxylation sites is 1. The molecule has 1 aliphatic heterocycles. The Labute approximate surface area is 137 Å². The van der Waals surface area contributed by atoms with E-state index < -0.39 is 16.1 Å². The molecule has 2 rings (SSSR count). The van der Waals surface area contributed by atoms with Crippen molar-refractivity contribution in [3.8, 4) is 0 Å². The van der Waals surface area contributed by atoms with Gasteiger partial charge in [-0.05, 0) is 31.4 Å². The summed E-state index contributed by atoms with van der Waals surface area (Å²) in [7, 11) is -3.57. The molecule has 1 aliphatic rings. The molecule has 0 bridgehead atoms. The van der Waals surface area contributed by atoms with Crippen LogP contribution in [0.15, 0.2) is 30.3 Å². The van der Waals surface area contributed by atoms with Crippen LogP contribution < -0.4 is 9.62 Å². The lowest BCUT2D eigenvalue weighted by molar-refractivity contribution is -0.122. The molecule has 1 saturated heterocycles. The van der Waals surface area contributed by atoms with E-state index in [1.54, 1.807) is 31.2 Å². The van der Waals surface area contributed by atoms with Gasteiger partial charge in [0.1, 0.15) is 6.04 Å². The smallest absolute Gasteiger partial charge is 0.243 e. The van der Waals surface area contributed by atoms with Crippen molar-refractivity contribution in [2.24, 2.45) is 0 Å². The Morgan fingerprint density at radius 1 is 1.39 bits per heavy atom. The van der Waals surface area contributed by atoms with E-state index >= 15 is 0 Å². The van der Waals surface area contributed by atoms with Gasteiger partial charge in [0.25, 0.3) is 0 Å². The van der Waals surface area contributed by atoms with E-state index in [-0.39, 0.29) is 12.0 Å². The number of hydrogen-bond acceptors (Lipinski definition) is 4. The van der Waals surface area contributed by atoms with Gasteiger partial charge in [0.15, 0.2) is 0 Å². The monoisotopic (exact) mass is 340 g/mol.